The number of nitrogens with zero attached hydrogens (tertiary/aromatic N) is 1. The van der Waals surface area contributed by atoms with Gasteiger partial charge in [0.2, 0.25) is 5.91 Å². The largest absolute Gasteiger partial charge is 0.325 e. The fourth-order valence-electron chi connectivity index (χ4n) is 2.49. The van der Waals surface area contributed by atoms with Crippen LogP contribution in [0.4, 0.5) is 0 Å². The van der Waals surface area contributed by atoms with Crippen molar-refractivity contribution in [3.63, 3.8) is 0 Å². The van der Waals surface area contributed by atoms with Crippen molar-refractivity contribution in [1.29, 1.82) is 0 Å². The van der Waals surface area contributed by atoms with Crippen LogP contribution < -0.4 is 5.32 Å². The van der Waals surface area contributed by atoms with Crippen molar-refractivity contribution in [3.8, 4) is 0 Å². The van der Waals surface area contributed by atoms with E-state index in [1.165, 1.54) is 0 Å². The average molecular weight is 304 g/mol. The topological polar surface area (TPSA) is 66.5 Å². The van der Waals surface area contributed by atoms with Gasteiger partial charge < -0.3 is 4.90 Å². The molecule has 20 heavy (non-hydrogen) atoms. The first-order valence-electron chi connectivity index (χ1n) is 7.44. The average Bonchev–Trinajstić information content (AvgIpc) is 2.59. The number of hydrogen-bond donors (Lipinski definition) is 1. The highest BCUT2D eigenvalue weighted by molar-refractivity contribution is 7.91. The predicted molar refractivity (Wildman–Crippen MR) is 81.1 cm³/mol. The molecular weight excluding hydrogens is 276 g/mol. The Labute approximate surface area is 123 Å². The maximum absolute atomic E-state index is 12.5. The van der Waals surface area contributed by atoms with Gasteiger partial charge in [0.25, 0.3) is 0 Å². The first-order chi connectivity index (χ1) is 9.15. The number of nitrogens with one attached hydrogen (secondary N) is 1. The van der Waals surface area contributed by atoms with Crippen molar-refractivity contribution < 1.29 is 13.2 Å². The molecule has 0 aliphatic carbocycles. The number of carbonyl (C=O) groups is 1. The molecule has 1 saturated heterocycles. The summed E-state index contributed by atoms with van der Waals surface area (Å²) in [6, 6.07) is 0. The summed E-state index contributed by atoms with van der Waals surface area (Å²) in [4.78, 5) is 14.2. The Morgan fingerprint density at radius 1 is 1.35 bits per heavy atom. The molecule has 0 aromatic carbocycles. The molecule has 1 aliphatic heterocycles. The standard InChI is InChI=1S/C14H28N2O3S/c1-6-14(5)13(17)16(8-9-20(18,19)7-2)12(15-14)10-11(3)4/h11-12,15H,6-10H2,1-5H3. The van der Waals surface area contributed by atoms with Crippen LogP contribution in [0.3, 0.4) is 0 Å². The molecule has 0 radical (unpaired) electrons. The molecule has 2 unspecified atom stereocenters. The SMILES string of the molecule is CCC1(C)NC(CC(C)C)N(CCS(=O)(=O)CC)C1=O. The van der Waals surface area contributed by atoms with E-state index < -0.39 is 15.4 Å². The molecule has 1 fully saturated rings. The Kier molecular flexibility index (Phi) is 5.61. The molecule has 0 spiro atoms. The third kappa shape index (κ3) is 3.95. The van der Waals surface area contributed by atoms with Crippen LogP contribution in [0.1, 0.15) is 47.5 Å². The van der Waals surface area contributed by atoms with Gasteiger partial charge in [0.1, 0.15) is 0 Å². The van der Waals surface area contributed by atoms with E-state index in [2.05, 4.69) is 19.2 Å². The van der Waals surface area contributed by atoms with Gasteiger partial charge in [0.05, 0.1) is 17.5 Å². The molecule has 0 bridgehead atoms. The highest BCUT2D eigenvalue weighted by atomic mass is 32.2. The minimum atomic E-state index is -3.05. The molecule has 0 aromatic heterocycles. The summed E-state index contributed by atoms with van der Waals surface area (Å²) in [5.74, 6) is 0.648. The van der Waals surface area contributed by atoms with E-state index in [1.54, 1.807) is 11.8 Å². The van der Waals surface area contributed by atoms with Gasteiger partial charge >= 0.3 is 0 Å². The number of rotatable bonds is 7. The molecule has 1 N–H and O–H groups in total. The van der Waals surface area contributed by atoms with Crippen LogP contribution in [-0.2, 0) is 14.6 Å². The Morgan fingerprint density at radius 3 is 2.40 bits per heavy atom. The van der Waals surface area contributed by atoms with E-state index in [1.807, 2.05) is 13.8 Å². The first-order valence-corrected chi connectivity index (χ1v) is 9.26. The fourth-order valence-corrected chi connectivity index (χ4v) is 3.25. The van der Waals surface area contributed by atoms with Crippen LogP contribution in [0.15, 0.2) is 0 Å². The number of hydrogen-bond acceptors (Lipinski definition) is 4. The monoisotopic (exact) mass is 304 g/mol. The highest BCUT2D eigenvalue weighted by Gasteiger charge is 2.46. The van der Waals surface area contributed by atoms with E-state index in [0.717, 1.165) is 6.42 Å². The lowest BCUT2D eigenvalue weighted by molar-refractivity contribution is -0.132. The summed E-state index contributed by atoms with van der Waals surface area (Å²) < 4.78 is 23.3. The van der Waals surface area contributed by atoms with Crippen molar-refractivity contribution >= 4 is 15.7 Å². The minimum absolute atomic E-state index is 0.0250. The smallest absolute Gasteiger partial charge is 0.243 e. The van der Waals surface area contributed by atoms with Gasteiger partial charge in [-0.15, -0.1) is 0 Å². The lowest BCUT2D eigenvalue weighted by Gasteiger charge is -2.25. The van der Waals surface area contributed by atoms with Crippen LogP contribution in [0, 0.1) is 5.92 Å². The predicted octanol–water partition coefficient (Wildman–Crippen LogP) is 1.39. The second-order valence-electron chi connectivity index (χ2n) is 6.21. The summed E-state index contributed by atoms with van der Waals surface area (Å²) in [6.45, 7) is 10.0. The van der Waals surface area contributed by atoms with Crippen LogP contribution in [-0.4, -0.2) is 49.0 Å². The Bertz CT molecular complexity index is 447. The van der Waals surface area contributed by atoms with Gasteiger partial charge in [0.15, 0.2) is 9.84 Å². The zero-order valence-corrected chi connectivity index (χ0v) is 14.1. The molecule has 1 heterocycles. The second kappa shape index (κ2) is 6.43. The first kappa shape index (κ1) is 17.4. The quantitative estimate of drug-likeness (QED) is 0.772. The summed E-state index contributed by atoms with van der Waals surface area (Å²) >= 11 is 0. The normalized spacial score (nSPS) is 27.6. The number of sulfone groups is 1. The molecule has 1 aliphatic rings. The summed E-state index contributed by atoms with van der Waals surface area (Å²) in [5, 5.41) is 3.38. The van der Waals surface area contributed by atoms with E-state index in [0.29, 0.717) is 12.3 Å². The van der Waals surface area contributed by atoms with Crippen molar-refractivity contribution in [2.45, 2.75) is 59.2 Å². The second-order valence-corrected chi connectivity index (χ2v) is 8.68. The van der Waals surface area contributed by atoms with E-state index in [4.69, 9.17) is 0 Å². The van der Waals surface area contributed by atoms with E-state index >= 15 is 0 Å². The Hall–Kier alpha value is -0.620. The zero-order chi connectivity index (χ0) is 15.6. The summed E-state index contributed by atoms with van der Waals surface area (Å²) in [5.41, 5.74) is -0.560. The summed E-state index contributed by atoms with van der Waals surface area (Å²) in [6.07, 6.45) is 1.49. The third-order valence-corrected chi connectivity index (χ3v) is 5.76. The lowest BCUT2D eigenvalue weighted by atomic mass is 9.99. The molecule has 5 nitrogen and oxygen atoms in total. The molecule has 1 amide bonds. The van der Waals surface area contributed by atoms with Gasteiger partial charge in [-0.2, -0.15) is 0 Å². The van der Waals surface area contributed by atoms with Gasteiger partial charge in [-0.05, 0) is 25.7 Å². The van der Waals surface area contributed by atoms with Crippen molar-refractivity contribution in [2.75, 3.05) is 18.1 Å². The van der Waals surface area contributed by atoms with Crippen LogP contribution in [0.25, 0.3) is 0 Å². The van der Waals surface area contributed by atoms with Gasteiger partial charge in [-0.1, -0.05) is 27.7 Å². The van der Waals surface area contributed by atoms with Crippen LogP contribution in [0.5, 0.6) is 0 Å². The summed E-state index contributed by atoms with van der Waals surface area (Å²) in [7, 11) is -3.05. The molecule has 0 saturated carbocycles. The minimum Gasteiger partial charge on any atom is -0.325 e. The van der Waals surface area contributed by atoms with E-state index in [-0.39, 0.29) is 30.1 Å². The number of carbonyl (C=O) groups excluding carboxylic acids is 1. The van der Waals surface area contributed by atoms with Gasteiger partial charge in [0, 0.05) is 12.3 Å². The molecule has 1 rings (SSSR count). The molecular formula is C14H28N2O3S. The Morgan fingerprint density at radius 2 is 1.95 bits per heavy atom. The molecule has 0 aromatic rings. The Balaban J connectivity index is 2.85. The number of amides is 1. The maximum Gasteiger partial charge on any atom is 0.243 e. The molecule has 118 valence electrons. The lowest BCUT2D eigenvalue weighted by Crippen LogP contribution is -2.44. The van der Waals surface area contributed by atoms with Crippen molar-refractivity contribution in [2.24, 2.45) is 5.92 Å². The van der Waals surface area contributed by atoms with Crippen LogP contribution in [0.2, 0.25) is 0 Å². The van der Waals surface area contributed by atoms with Crippen molar-refractivity contribution in [3.05, 3.63) is 0 Å². The van der Waals surface area contributed by atoms with Crippen LogP contribution >= 0.6 is 0 Å². The van der Waals surface area contributed by atoms with Gasteiger partial charge in [-0.3, -0.25) is 10.1 Å². The third-order valence-electron chi connectivity index (χ3n) is 4.08. The highest BCUT2D eigenvalue weighted by Crippen LogP contribution is 2.26. The fraction of sp³-hybridized carbons (Fsp3) is 0.929. The van der Waals surface area contributed by atoms with Crippen molar-refractivity contribution in [1.82, 2.24) is 10.2 Å². The van der Waals surface area contributed by atoms with Gasteiger partial charge in [-0.25, -0.2) is 8.42 Å². The zero-order valence-electron chi connectivity index (χ0n) is 13.3. The maximum atomic E-state index is 12.5. The molecule has 6 heteroatoms. The van der Waals surface area contributed by atoms with E-state index in [9.17, 15) is 13.2 Å². The molecule has 2 atom stereocenters.